The highest BCUT2D eigenvalue weighted by atomic mass is 31.2. The molecule has 8 unspecified atom stereocenters. The van der Waals surface area contributed by atoms with E-state index in [1.165, 1.54) is 19.1 Å². The first-order valence-electron chi connectivity index (χ1n) is 37.5. The molecule has 632 valence electrons. The maximum Gasteiger partial charge on any atom is 0.459 e. The van der Waals surface area contributed by atoms with Crippen LogP contribution in [0, 0.1) is 23.7 Å². The number of aliphatic hydroxyl groups is 8. The number of aliphatic hydroxyl groups excluding tert-OH is 8. The molecule has 21 atom stereocenters. The number of hydrogen-bond donors (Lipinski definition) is 14. The molecule has 40 heteroatoms. The third-order valence-electron chi connectivity index (χ3n) is 19.0. The summed E-state index contributed by atoms with van der Waals surface area (Å²) >= 11 is 0. The molecule has 1 aromatic carbocycles. The number of esters is 2. The Morgan fingerprint density at radius 3 is 1.52 bits per heavy atom. The summed E-state index contributed by atoms with van der Waals surface area (Å²) in [4.78, 5) is 108. The highest BCUT2D eigenvalue weighted by Gasteiger charge is 2.59. The van der Waals surface area contributed by atoms with Gasteiger partial charge in [-0.25, -0.2) is 13.8 Å². The third kappa shape index (κ3) is 29.3. The Labute approximate surface area is 642 Å². The second-order valence-electron chi connectivity index (χ2n) is 28.5. The molecule has 0 spiro atoms. The van der Waals surface area contributed by atoms with E-state index in [1.54, 1.807) is 45.9 Å². The molecule has 0 radical (unpaired) electrons. The molecule has 4 saturated heterocycles. The zero-order valence-corrected chi connectivity index (χ0v) is 64.9. The molecule has 4 aliphatic rings. The molecule has 4 aliphatic heterocycles. The second kappa shape index (κ2) is 46.4. The van der Waals surface area contributed by atoms with Crippen LogP contribution in [0.1, 0.15) is 119 Å². The summed E-state index contributed by atoms with van der Waals surface area (Å²) in [7, 11) is -4.69. The van der Waals surface area contributed by atoms with Gasteiger partial charge in [-0.15, -0.1) is 0 Å². The zero-order valence-electron chi connectivity index (χ0n) is 64.0. The van der Waals surface area contributed by atoms with Crippen LogP contribution < -0.4 is 42.1 Å². The monoisotopic (exact) mass is 1610 g/mol. The third-order valence-corrected chi connectivity index (χ3v) is 20.7. The lowest BCUT2D eigenvalue weighted by Crippen LogP contribution is -2.58. The van der Waals surface area contributed by atoms with Crippen molar-refractivity contribution in [3.8, 4) is 5.75 Å². The van der Waals surface area contributed by atoms with Gasteiger partial charge in [-0.3, -0.25) is 47.6 Å². The fourth-order valence-electron chi connectivity index (χ4n) is 12.3. The maximum atomic E-state index is 17.5. The Morgan fingerprint density at radius 2 is 1.06 bits per heavy atom. The van der Waals surface area contributed by atoms with Gasteiger partial charge in [0.1, 0.15) is 54.0 Å². The van der Waals surface area contributed by atoms with E-state index >= 15 is 4.39 Å². The van der Waals surface area contributed by atoms with E-state index in [2.05, 4.69) is 26.4 Å². The van der Waals surface area contributed by atoms with Gasteiger partial charge in [0.25, 0.3) is 5.56 Å². The van der Waals surface area contributed by atoms with Crippen LogP contribution in [0.5, 0.6) is 5.75 Å². The second-order valence-corrected chi connectivity index (χ2v) is 30.2. The van der Waals surface area contributed by atoms with Crippen LogP contribution in [0.15, 0.2) is 52.2 Å². The average molecular weight is 1610 g/mol. The number of carbonyl (C=O) groups is 6. The molecule has 1 aromatic heterocycles. The fourth-order valence-corrected chi connectivity index (χ4v) is 13.8. The predicted octanol–water partition coefficient (Wildman–Crippen LogP) is -1.48. The number of carbonyl (C=O) groups excluding carboxylic acids is 6. The lowest BCUT2D eigenvalue weighted by Gasteiger charge is -2.41. The predicted molar refractivity (Wildman–Crippen MR) is 385 cm³/mol. The van der Waals surface area contributed by atoms with E-state index < -0.39 is 235 Å². The van der Waals surface area contributed by atoms with E-state index in [0.717, 1.165) is 19.2 Å². The van der Waals surface area contributed by atoms with Gasteiger partial charge in [-0.1, -0.05) is 45.9 Å². The van der Waals surface area contributed by atoms with Gasteiger partial charge in [-0.05, 0) is 71.4 Å². The number of halogens is 1. The van der Waals surface area contributed by atoms with Crippen molar-refractivity contribution in [3.05, 3.63) is 63.4 Å². The van der Waals surface area contributed by atoms with Crippen LogP contribution in [0.2, 0.25) is 0 Å². The molecule has 38 nitrogen and oxygen atoms in total. The normalized spacial score (nSPS) is 29.5. The number of hydrogen-bond acceptors (Lipinski definition) is 31. The lowest BCUT2D eigenvalue weighted by atomic mass is 9.85. The van der Waals surface area contributed by atoms with Gasteiger partial charge in [0.15, 0.2) is 36.9 Å². The first-order chi connectivity index (χ1) is 52.8. The number of para-hydroxylation sites is 1. The van der Waals surface area contributed by atoms with Crippen molar-refractivity contribution in [1.82, 2.24) is 35.9 Å². The van der Waals surface area contributed by atoms with Gasteiger partial charge in [-0.2, -0.15) is 5.09 Å². The van der Waals surface area contributed by atoms with Crippen molar-refractivity contribution in [3.63, 3.8) is 0 Å². The Balaban J connectivity index is 1.15. The molecular formula is C71H115FN7O31P. The van der Waals surface area contributed by atoms with Gasteiger partial charge >= 0.3 is 25.4 Å². The van der Waals surface area contributed by atoms with Crippen molar-refractivity contribution in [2.45, 2.75) is 223 Å². The number of amides is 4. The maximum absolute atomic E-state index is 17.5. The summed E-state index contributed by atoms with van der Waals surface area (Å²) < 4.78 is 114. The van der Waals surface area contributed by atoms with Crippen LogP contribution in [-0.4, -0.2) is 295 Å². The fraction of sp³-hybridized carbons (Fsp3) is 0.775. The first-order valence-corrected chi connectivity index (χ1v) is 39.0. The van der Waals surface area contributed by atoms with Crippen molar-refractivity contribution in [2.24, 2.45) is 23.7 Å². The summed E-state index contributed by atoms with van der Waals surface area (Å²) in [6.07, 6.45) is -17.9. The summed E-state index contributed by atoms with van der Waals surface area (Å²) in [5.74, 6) is -5.77. The Hall–Kier alpha value is -6.12. The Morgan fingerprint density at radius 1 is 0.595 bits per heavy atom. The van der Waals surface area contributed by atoms with Crippen molar-refractivity contribution in [2.75, 3.05) is 106 Å². The van der Waals surface area contributed by atoms with Crippen LogP contribution >= 0.6 is 7.75 Å². The van der Waals surface area contributed by atoms with E-state index in [1.807, 2.05) is 18.8 Å². The summed E-state index contributed by atoms with van der Waals surface area (Å²) in [5, 5.41) is 94.3. The Bertz CT molecular complexity index is 3180. The topological polar surface area (TPSA) is 526 Å². The van der Waals surface area contributed by atoms with Crippen molar-refractivity contribution >= 4 is 43.3 Å². The van der Waals surface area contributed by atoms with E-state index in [4.69, 9.17) is 65.9 Å². The summed E-state index contributed by atoms with van der Waals surface area (Å²) in [6, 6.07) is 7.22. The molecule has 111 heavy (non-hydrogen) atoms. The number of aromatic amines is 1. The molecule has 0 bridgehead atoms. The summed E-state index contributed by atoms with van der Waals surface area (Å²) in [5.41, 5.74) is -6.47. The molecule has 5 heterocycles. The minimum absolute atomic E-state index is 0.00857. The number of nitrogens with zero attached hydrogens (tertiary/aromatic N) is 1. The van der Waals surface area contributed by atoms with Gasteiger partial charge < -0.3 is 123 Å². The highest BCUT2D eigenvalue weighted by Crippen LogP contribution is 2.48. The van der Waals surface area contributed by atoms with E-state index in [-0.39, 0.29) is 115 Å². The number of aromatic nitrogens is 2. The lowest BCUT2D eigenvalue weighted by molar-refractivity contribution is -0.282. The number of benzene rings is 1. The summed E-state index contributed by atoms with van der Waals surface area (Å²) in [6.45, 7) is 8.57. The molecule has 14 N–H and O–H groups in total. The Kier molecular flexibility index (Phi) is 39.2. The minimum atomic E-state index is -4.69. The molecule has 4 amide bonds. The van der Waals surface area contributed by atoms with Gasteiger partial charge in [0.05, 0.1) is 110 Å². The number of ether oxygens (including phenoxy) is 12. The van der Waals surface area contributed by atoms with Crippen molar-refractivity contribution < 1.29 is 144 Å². The quantitative estimate of drug-likeness (QED) is 0.0204. The van der Waals surface area contributed by atoms with Crippen LogP contribution in [0.4, 0.5) is 4.39 Å². The number of nitrogens with one attached hydrogen (secondary N) is 6. The van der Waals surface area contributed by atoms with Crippen LogP contribution in [-0.2, 0) is 94.7 Å². The number of H-pyrrole nitrogens is 1. The molecule has 0 saturated carbocycles. The molecule has 2 aromatic rings. The van der Waals surface area contributed by atoms with Gasteiger partial charge in [0.2, 0.25) is 23.6 Å². The smallest absolute Gasteiger partial charge is 0.459 e. The zero-order chi connectivity index (χ0) is 81.6. The standard InChI is InChI=1S/C71H115FN7O31P/c1-41(2)104-64(94)46(7)78-111(96,110-47-16-10-9-11-17-47)103-37-51-63(70(8,72)68(108-51)79-27-20-55(86)76-69(79)95)109-57(88)19-12-18-56(87)77-71(38-97-31-21-52(83)73-24-13-28-100-65-43(4)42(3)58(89)48(34-80)105-65,39-98-32-22-53(84)74-25-14-29-101-66-44(5)59(90)61(92)49(35-81)106-66)40-99-33-23-54(85)75-26-15-30-102-67-45(6)60(91)62(93)50(36-82)107-67/h9-11,16-17,20,27,41-46,48-51,58-63,65-68,80-82,89-93H,12-15,18-19,21-26,28-40H2,1-8H3,(H,73,83)(H,74,84)(H,75,85)(H,77,87)(H,78,96)(H,76,86,95)/t42-,43?,44?,45?,46?,48?,49?,50?,51-,58-,59-,60-,61+,62+,63-,65-,66-,67-,68-,70-,71?,111?/m1/s1. The molecule has 0 aliphatic carbocycles. The number of rotatable bonds is 49. The largest absolute Gasteiger partial charge is 0.462 e. The molecular weight excluding hydrogens is 1500 g/mol. The number of alkyl halides is 1. The highest BCUT2D eigenvalue weighted by molar-refractivity contribution is 7.52. The van der Waals surface area contributed by atoms with E-state index in [9.17, 15) is 83.8 Å². The first kappa shape index (κ1) is 93.7. The molecule has 6 rings (SSSR count). The minimum Gasteiger partial charge on any atom is -0.462 e. The average Bonchev–Trinajstić information content (AvgIpc) is 1.60. The van der Waals surface area contributed by atoms with E-state index in [0.29, 0.717) is 11.0 Å². The van der Waals surface area contributed by atoms with Crippen LogP contribution in [0.25, 0.3) is 0 Å². The molecule has 4 fully saturated rings. The van der Waals surface area contributed by atoms with Crippen molar-refractivity contribution in [1.29, 1.82) is 0 Å². The van der Waals surface area contributed by atoms with Gasteiger partial charge in [0, 0.05) is 81.8 Å². The SMILES string of the molecule is CC(C)OC(=O)C(C)NP(=O)(OC[C@H]1O[C@@H](n2ccc(=O)[nH]c2=O)[C@](C)(F)[C@@H]1OC(=O)CCCC(=O)NC(COCCC(=O)NCCCO[C@@H]1OC(CO)[C@H](O)[C@H](C)C1C)(COCCC(=O)NCCCO[C@@H]1OC(CO)[C@H](O)[C@H](O)C1C)COCCC(=O)NCCCO[C@@H]1OC(CO)[C@H](O)[C@H](O)C1C)Oc1ccccc1. The van der Waals surface area contributed by atoms with Crippen LogP contribution in [0.3, 0.4) is 0 Å².